The summed E-state index contributed by atoms with van der Waals surface area (Å²) >= 11 is 2.55. The van der Waals surface area contributed by atoms with Crippen molar-refractivity contribution < 1.29 is 19.1 Å². The van der Waals surface area contributed by atoms with E-state index in [1.54, 1.807) is 11.4 Å². The van der Waals surface area contributed by atoms with Gasteiger partial charge in [-0.15, -0.1) is 21.5 Å². The van der Waals surface area contributed by atoms with Crippen LogP contribution in [0.15, 0.2) is 40.9 Å². The molecule has 2 heterocycles. The lowest BCUT2D eigenvalue weighted by atomic mass is 10.2. The van der Waals surface area contributed by atoms with Crippen molar-refractivity contribution in [1.29, 1.82) is 0 Å². The highest BCUT2D eigenvalue weighted by Crippen LogP contribution is 2.28. The second-order valence-corrected chi connectivity index (χ2v) is 9.26. The highest BCUT2D eigenvalue weighted by atomic mass is 32.2. The number of amides is 1. The molecule has 32 heavy (non-hydrogen) atoms. The molecule has 0 bridgehead atoms. The van der Waals surface area contributed by atoms with E-state index in [2.05, 4.69) is 15.5 Å². The number of aromatic nitrogens is 3. The Kier molecular flexibility index (Phi) is 7.11. The van der Waals surface area contributed by atoms with Gasteiger partial charge in [0, 0.05) is 12.6 Å². The van der Waals surface area contributed by atoms with Crippen molar-refractivity contribution in [2.45, 2.75) is 36.9 Å². The van der Waals surface area contributed by atoms with Crippen molar-refractivity contribution in [2.24, 2.45) is 7.05 Å². The summed E-state index contributed by atoms with van der Waals surface area (Å²) in [6.45, 7) is 0. The molecule has 168 valence electrons. The zero-order valence-corrected chi connectivity index (χ0v) is 19.5. The number of nitrogens with zero attached hydrogens (tertiary/aromatic N) is 3. The average molecular weight is 473 g/mol. The Bertz CT molecular complexity index is 1090. The van der Waals surface area contributed by atoms with Crippen molar-refractivity contribution in [1.82, 2.24) is 14.8 Å². The van der Waals surface area contributed by atoms with Crippen LogP contribution < -0.4 is 10.1 Å². The molecule has 1 aliphatic rings. The molecular weight excluding hydrogens is 448 g/mol. The maximum absolute atomic E-state index is 12.4. The third kappa shape index (κ3) is 5.13. The lowest BCUT2D eigenvalue weighted by molar-refractivity contribution is -0.113. The molecule has 1 amide bonds. The molecule has 4 rings (SSSR count). The monoisotopic (exact) mass is 472 g/mol. The minimum atomic E-state index is -0.480. The van der Waals surface area contributed by atoms with E-state index in [0.29, 0.717) is 27.6 Å². The van der Waals surface area contributed by atoms with E-state index in [9.17, 15) is 9.59 Å². The minimum Gasteiger partial charge on any atom is -0.490 e. The van der Waals surface area contributed by atoms with Crippen molar-refractivity contribution in [3.8, 4) is 17.1 Å². The number of anilines is 1. The van der Waals surface area contributed by atoms with Gasteiger partial charge in [0.15, 0.2) is 11.0 Å². The first-order valence-electron chi connectivity index (χ1n) is 10.3. The second kappa shape index (κ2) is 10.2. The topological polar surface area (TPSA) is 95.3 Å². The van der Waals surface area contributed by atoms with E-state index >= 15 is 0 Å². The first-order chi connectivity index (χ1) is 15.5. The molecule has 0 spiro atoms. The third-order valence-electron chi connectivity index (χ3n) is 5.21. The molecule has 1 N–H and O–H groups in total. The van der Waals surface area contributed by atoms with Gasteiger partial charge in [-0.05, 0) is 61.4 Å². The number of hydrogen-bond donors (Lipinski definition) is 1. The Balaban J connectivity index is 1.35. The SMILES string of the molecule is COC(=O)c1ccsc1NC(=O)CSc1nnc(-c2ccc(OC3CCCC3)cc2)n1C. The van der Waals surface area contributed by atoms with E-state index < -0.39 is 5.97 Å². The Labute approximate surface area is 194 Å². The molecule has 3 aromatic rings. The van der Waals surface area contributed by atoms with Gasteiger partial charge in [-0.3, -0.25) is 4.79 Å². The number of thiophene rings is 1. The summed E-state index contributed by atoms with van der Waals surface area (Å²) in [5.41, 5.74) is 1.27. The molecule has 0 saturated heterocycles. The van der Waals surface area contributed by atoms with Crippen LogP contribution in [-0.4, -0.2) is 45.6 Å². The zero-order chi connectivity index (χ0) is 22.5. The number of nitrogens with one attached hydrogen (secondary N) is 1. The molecule has 0 radical (unpaired) electrons. The van der Waals surface area contributed by atoms with Crippen LogP contribution >= 0.6 is 23.1 Å². The first kappa shape index (κ1) is 22.3. The van der Waals surface area contributed by atoms with Gasteiger partial charge in [0.2, 0.25) is 5.91 Å². The number of rotatable bonds is 8. The Morgan fingerprint density at radius 2 is 1.94 bits per heavy atom. The number of thioether (sulfide) groups is 1. The lowest BCUT2D eigenvalue weighted by Gasteiger charge is -2.13. The highest BCUT2D eigenvalue weighted by molar-refractivity contribution is 7.99. The Hall–Kier alpha value is -2.85. The number of methoxy groups -OCH3 is 1. The summed E-state index contributed by atoms with van der Waals surface area (Å²) in [4.78, 5) is 24.1. The van der Waals surface area contributed by atoms with Gasteiger partial charge in [-0.25, -0.2) is 4.79 Å². The molecule has 1 aromatic carbocycles. The molecule has 0 aliphatic heterocycles. The van der Waals surface area contributed by atoms with Crippen molar-refractivity contribution in [3.05, 3.63) is 41.3 Å². The molecule has 10 heteroatoms. The van der Waals surface area contributed by atoms with Crippen LogP contribution in [0.4, 0.5) is 5.00 Å². The minimum absolute atomic E-state index is 0.138. The molecule has 0 unspecified atom stereocenters. The summed E-state index contributed by atoms with van der Waals surface area (Å²) in [5, 5.41) is 14.1. The predicted molar refractivity (Wildman–Crippen MR) is 124 cm³/mol. The van der Waals surface area contributed by atoms with Crippen molar-refractivity contribution in [2.75, 3.05) is 18.2 Å². The number of hydrogen-bond acceptors (Lipinski definition) is 8. The van der Waals surface area contributed by atoms with Crippen LogP contribution in [-0.2, 0) is 16.6 Å². The van der Waals surface area contributed by atoms with Crippen LogP contribution in [0, 0.1) is 0 Å². The van der Waals surface area contributed by atoms with Gasteiger partial charge in [-0.2, -0.15) is 0 Å². The van der Waals surface area contributed by atoms with Crippen LogP contribution in [0.25, 0.3) is 11.4 Å². The van der Waals surface area contributed by atoms with E-state index in [-0.39, 0.29) is 11.7 Å². The highest BCUT2D eigenvalue weighted by Gasteiger charge is 2.18. The van der Waals surface area contributed by atoms with Crippen molar-refractivity contribution >= 4 is 40.0 Å². The largest absolute Gasteiger partial charge is 0.490 e. The quantitative estimate of drug-likeness (QED) is 0.384. The fraction of sp³-hybridized carbons (Fsp3) is 0.364. The van der Waals surface area contributed by atoms with E-state index in [4.69, 9.17) is 9.47 Å². The second-order valence-electron chi connectivity index (χ2n) is 7.41. The van der Waals surface area contributed by atoms with E-state index in [1.165, 1.54) is 43.1 Å². The normalized spacial score (nSPS) is 13.8. The Morgan fingerprint density at radius 3 is 2.66 bits per heavy atom. The molecule has 0 atom stereocenters. The van der Waals surface area contributed by atoms with Gasteiger partial charge in [0.05, 0.1) is 24.5 Å². The summed E-state index contributed by atoms with van der Waals surface area (Å²) in [5.74, 6) is 1.01. The van der Waals surface area contributed by atoms with Crippen LogP contribution in [0.2, 0.25) is 0 Å². The van der Waals surface area contributed by atoms with Gasteiger partial charge >= 0.3 is 5.97 Å². The van der Waals surface area contributed by atoms with Gasteiger partial charge in [0.1, 0.15) is 10.8 Å². The molecular formula is C22H24N4O4S2. The third-order valence-corrected chi connectivity index (χ3v) is 7.06. The number of esters is 1. The van der Waals surface area contributed by atoms with Gasteiger partial charge in [-0.1, -0.05) is 11.8 Å². The lowest BCUT2D eigenvalue weighted by Crippen LogP contribution is -2.16. The number of ether oxygens (including phenoxy) is 2. The van der Waals surface area contributed by atoms with E-state index in [0.717, 1.165) is 24.2 Å². The van der Waals surface area contributed by atoms with Gasteiger partial charge < -0.3 is 19.4 Å². The standard InChI is InChI=1S/C22H24N4O4S2/c1-26-19(14-7-9-16(10-8-14)30-15-5-3-4-6-15)24-25-22(26)32-13-18(27)23-20-17(11-12-31-20)21(28)29-2/h7-12,15H,3-6,13H2,1-2H3,(H,23,27). The van der Waals surface area contributed by atoms with Crippen LogP contribution in [0.3, 0.4) is 0 Å². The average Bonchev–Trinajstić information content (AvgIpc) is 3.55. The zero-order valence-electron chi connectivity index (χ0n) is 17.9. The molecule has 8 nitrogen and oxygen atoms in total. The van der Waals surface area contributed by atoms with Crippen LogP contribution in [0.5, 0.6) is 5.75 Å². The summed E-state index contributed by atoms with van der Waals surface area (Å²) in [7, 11) is 3.18. The maximum atomic E-state index is 12.4. The molecule has 2 aromatic heterocycles. The maximum Gasteiger partial charge on any atom is 0.340 e. The first-order valence-corrected chi connectivity index (χ1v) is 12.2. The fourth-order valence-electron chi connectivity index (χ4n) is 3.54. The van der Waals surface area contributed by atoms with Crippen molar-refractivity contribution in [3.63, 3.8) is 0 Å². The van der Waals surface area contributed by atoms with E-state index in [1.807, 2.05) is 35.9 Å². The smallest absolute Gasteiger partial charge is 0.340 e. The van der Waals surface area contributed by atoms with Gasteiger partial charge in [0.25, 0.3) is 0 Å². The molecule has 1 saturated carbocycles. The summed E-state index contributed by atoms with van der Waals surface area (Å²) in [6.07, 6.45) is 5.04. The summed E-state index contributed by atoms with van der Waals surface area (Å²) < 4.78 is 12.6. The number of benzene rings is 1. The van der Waals surface area contributed by atoms with Crippen LogP contribution in [0.1, 0.15) is 36.0 Å². The number of carbonyl (C=O) groups is 2. The number of carbonyl (C=O) groups excluding carboxylic acids is 2. The predicted octanol–water partition coefficient (Wildman–Crippen LogP) is 4.38. The fourth-order valence-corrected chi connectivity index (χ4v) is 5.05. The Morgan fingerprint density at radius 1 is 1.19 bits per heavy atom. The molecule has 1 fully saturated rings. The summed E-state index contributed by atoms with van der Waals surface area (Å²) in [6, 6.07) is 9.49. The molecule has 1 aliphatic carbocycles.